The number of carbonyl (C=O) groups is 1. The molecule has 3 saturated heterocycles. The van der Waals surface area contributed by atoms with Crippen molar-refractivity contribution < 1.29 is 28.8 Å². The van der Waals surface area contributed by atoms with Crippen molar-refractivity contribution in [2.45, 2.75) is 75.7 Å². The third kappa shape index (κ3) is 3.58. The molecular weight excluding hydrogens is 362 g/mol. The van der Waals surface area contributed by atoms with Gasteiger partial charge in [-0.15, -0.1) is 0 Å². The molecule has 1 N–H and O–H groups in total. The summed E-state index contributed by atoms with van der Waals surface area (Å²) in [6, 6.07) is 0. The minimum atomic E-state index is -0.458. The van der Waals surface area contributed by atoms with Gasteiger partial charge in [-0.05, 0) is 32.1 Å². The summed E-state index contributed by atoms with van der Waals surface area (Å²) in [6.07, 6.45) is 5.02. The molecule has 1 amide bonds. The molecule has 7 nitrogen and oxygen atoms in total. The monoisotopic (exact) mass is 395 g/mol. The number of hydrogen-bond acceptors (Lipinski definition) is 6. The molecule has 0 aromatic carbocycles. The van der Waals surface area contributed by atoms with Crippen LogP contribution in [-0.2, 0) is 18.9 Å². The Bertz CT molecular complexity index is 632. The third-order valence-electron chi connectivity index (χ3n) is 6.75. The molecule has 0 aromatic heterocycles. The molecule has 1 spiro atoms. The van der Waals surface area contributed by atoms with Gasteiger partial charge in [0.15, 0.2) is 0 Å². The Morgan fingerprint density at radius 1 is 1.36 bits per heavy atom. The van der Waals surface area contributed by atoms with Crippen molar-refractivity contribution in [2.24, 2.45) is 11.8 Å². The quantitative estimate of drug-likeness (QED) is 0.567. The number of hydrogen-bond donors (Lipinski definition) is 1. The molecule has 7 heteroatoms. The van der Waals surface area contributed by atoms with Crippen LogP contribution in [0.5, 0.6) is 0 Å². The summed E-state index contributed by atoms with van der Waals surface area (Å²) in [7, 11) is 1.67. The van der Waals surface area contributed by atoms with Gasteiger partial charge < -0.3 is 29.0 Å². The number of aliphatic hydroxyl groups excluding tert-OH is 1. The first-order chi connectivity index (χ1) is 13.3. The minimum absolute atomic E-state index is 0.00234. The van der Waals surface area contributed by atoms with Crippen molar-refractivity contribution in [3.63, 3.8) is 0 Å². The van der Waals surface area contributed by atoms with Gasteiger partial charge in [0.25, 0.3) is 0 Å². The van der Waals surface area contributed by atoms with Crippen LogP contribution in [0.2, 0.25) is 0 Å². The fourth-order valence-electron chi connectivity index (χ4n) is 5.05. The van der Waals surface area contributed by atoms with E-state index >= 15 is 0 Å². The second-order valence-electron chi connectivity index (χ2n) is 9.23. The largest absolute Gasteiger partial charge is 0.443 e. The molecule has 4 aliphatic rings. The van der Waals surface area contributed by atoms with Crippen molar-refractivity contribution in [3.8, 4) is 0 Å². The van der Waals surface area contributed by atoms with E-state index in [4.69, 9.17) is 18.9 Å². The molecule has 3 unspecified atom stereocenters. The Morgan fingerprint density at radius 3 is 2.68 bits per heavy atom. The highest BCUT2D eigenvalue weighted by Crippen LogP contribution is 2.59. The summed E-state index contributed by atoms with van der Waals surface area (Å²) in [5, 5.41) is 9.69. The molecule has 0 aromatic rings. The van der Waals surface area contributed by atoms with Crippen LogP contribution in [0.1, 0.15) is 40.0 Å². The number of ether oxygens (including phenoxy) is 4. The van der Waals surface area contributed by atoms with E-state index in [1.165, 1.54) is 0 Å². The van der Waals surface area contributed by atoms with E-state index in [0.29, 0.717) is 38.5 Å². The average molecular weight is 395 g/mol. The van der Waals surface area contributed by atoms with Gasteiger partial charge in [-0.3, -0.25) is 0 Å². The van der Waals surface area contributed by atoms with Crippen LogP contribution in [0.25, 0.3) is 0 Å². The number of allylic oxidation sites excluding steroid dienone is 1. The smallest absolute Gasteiger partial charge is 0.410 e. The van der Waals surface area contributed by atoms with Gasteiger partial charge in [0, 0.05) is 20.2 Å². The number of nitrogens with zero attached hydrogens (tertiary/aromatic N) is 1. The number of amides is 1. The van der Waals surface area contributed by atoms with E-state index in [9.17, 15) is 9.90 Å². The van der Waals surface area contributed by atoms with Crippen LogP contribution in [0, 0.1) is 11.8 Å². The first-order valence-electron chi connectivity index (χ1n) is 10.5. The molecule has 3 heterocycles. The summed E-state index contributed by atoms with van der Waals surface area (Å²) >= 11 is 0. The highest BCUT2D eigenvalue weighted by Gasteiger charge is 2.72. The zero-order valence-electron chi connectivity index (χ0n) is 17.3. The molecular formula is C21H33NO6. The predicted molar refractivity (Wildman–Crippen MR) is 102 cm³/mol. The lowest BCUT2D eigenvalue weighted by Gasteiger charge is -2.42. The standard InChI is InChI=1S/C21H33NO6/c1-13(2)5-6-16-20(3,28-16)18-17(25-4)15(7-9-21(18)12-26-21)27-19(24)22-10-8-14(23)11-22/h5-6,13-18,23H,7-12H2,1-4H3/t14?,15-,16-,17-,18?,20?,21+/m1/s1. The maximum absolute atomic E-state index is 12.6. The number of epoxide rings is 2. The SMILES string of the molecule is CO[C@H]1C(C2(C)O[C@@H]2C=CC(C)C)[C@]2(CC[C@H]1OC(=O)N1CCC(O)C1)CO2. The third-order valence-corrected chi connectivity index (χ3v) is 6.75. The lowest BCUT2D eigenvalue weighted by Crippen LogP contribution is -2.56. The van der Waals surface area contributed by atoms with E-state index in [1.807, 2.05) is 0 Å². The van der Waals surface area contributed by atoms with Crippen molar-refractivity contribution in [1.82, 2.24) is 4.90 Å². The number of carbonyl (C=O) groups excluding carboxylic acids is 1. The average Bonchev–Trinajstić information content (AvgIpc) is 3.51. The van der Waals surface area contributed by atoms with Gasteiger partial charge in [-0.2, -0.15) is 0 Å². The van der Waals surface area contributed by atoms with Crippen molar-refractivity contribution >= 4 is 6.09 Å². The maximum Gasteiger partial charge on any atom is 0.410 e. The summed E-state index contributed by atoms with van der Waals surface area (Å²) in [6.45, 7) is 7.97. The van der Waals surface area contributed by atoms with E-state index in [0.717, 1.165) is 6.42 Å². The van der Waals surface area contributed by atoms with E-state index in [1.54, 1.807) is 12.0 Å². The molecule has 4 fully saturated rings. The van der Waals surface area contributed by atoms with Crippen LogP contribution in [0.3, 0.4) is 0 Å². The highest BCUT2D eigenvalue weighted by molar-refractivity contribution is 5.68. The second-order valence-corrected chi connectivity index (χ2v) is 9.23. The zero-order chi connectivity index (χ0) is 20.1. The molecule has 0 radical (unpaired) electrons. The molecule has 1 aliphatic carbocycles. The van der Waals surface area contributed by atoms with Crippen LogP contribution < -0.4 is 0 Å². The highest BCUT2D eigenvalue weighted by atomic mass is 16.6. The van der Waals surface area contributed by atoms with E-state index in [-0.39, 0.29) is 41.5 Å². The lowest BCUT2D eigenvalue weighted by atomic mass is 9.68. The Labute approximate surface area is 166 Å². The normalized spacial score (nSPS) is 45.2. The van der Waals surface area contributed by atoms with Crippen LogP contribution in [0.4, 0.5) is 4.79 Å². The van der Waals surface area contributed by atoms with Gasteiger partial charge in [0.1, 0.15) is 29.5 Å². The maximum atomic E-state index is 12.6. The van der Waals surface area contributed by atoms with Crippen molar-refractivity contribution in [2.75, 3.05) is 26.8 Å². The molecule has 7 atom stereocenters. The fraction of sp³-hybridized carbons (Fsp3) is 0.857. The molecule has 1 saturated carbocycles. The van der Waals surface area contributed by atoms with Gasteiger partial charge in [0.2, 0.25) is 0 Å². The van der Waals surface area contributed by atoms with E-state index in [2.05, 4.69) is 32.9 Å². The number of rotatable bonds is 5. The van der Waals surface area contributed by atoms with Crippen LogP contribution in [-0.4, -0.2) is 78.5 Å². The molecule has 3 aliphatic heterocycles. The summed E-state index contributed by atoms with van der Waals surface area (Å²) < 4.78 is 23.8. The number of methoxy groups -OCH3 is 1. The number of aliphatic hydroxyl groups is 1. The Hall–Kier alpha value is -1.15. The van der Waals surface area contributed by atoms with E-state index < -0.39 is 6.10 Å². The molecule has 0 bridgehead atoms. The molecule has 158 valence electrons. The lowest BCUT2D eigenvalue weighted by molar-refractivity contribution is -0.121. The van der Waals surface area contributed by atoms with Crippen LogP contribution >= 0.6 is 0 Å². The van der Waals surface area contributed by atoms with Crippen LogP contribution in [0.15, 0.2) is 12.2 Å². The van der Waals surface area contributed by atoms with Gasteiger partial charge in [-0.1, -0.05) is 26.0 Å². The Morgan fingerprint density at radius 2 is 2.11 bits per heavy atom. The van der Waals surface area contributed by atoms with Crippen molar-refractivity contribution in [1.29, 1.82) is 0 Å². The van der Waals surface area contributed by atoms with Gasteiger partial charge in [0.05, 0.1) is 18.6 Å². The first-order valence-corrected chi connectivity index (χ1v) is 10.5. The minimum Gasteiger partial charge on any atom is -0.443 e. The van der Waals surface area contributed by atoms with Gasteiger partial charge in [-0.25, -0.2) is 4.79 Å². The predicted octanol–water partition coefficient (Wildman–Crippen LogP) is 2.12. The molecule has 28 heavy (non-hydrogen) atoms. The number of likely N-dealkylation sites (tertiary alicyclic amines) is 1. The summed E-state index contributed by atoms with van der Waals surface area (Å²) in [5.41, 5.74) is -0.611. The zero-order valence-corrected chi connectivity index (χ0v) is 17.3. The first kappa shape index (κ1) is 20.1. The summed E-state index contributed by atoms with van der Waals surface area (Å²) in [4.78, 5) is 14.2. The second kappa shape index (κ2) is 7.27. The number of β-amino-alcohol motifs (C(OH)–C–C–N with tert-alkyl or cyclic N) is 1. The molecule has 4 rings (SSSR count). The Balaban J connectivity index is 1.48. The van der Waals surface area contributed by atoms with Crippen molar-refractivity contribution in [3.05, 3.63) is 12.2 Å². The summed E-state index contributed by atoms with van der Waals surface area (Å²) in [5.74, 6) is 0.469. The topological polar surface area (TPSA) is 84.1 Å². The van der Waals surface area contributed by atoms with Gasteiger partial charge >= 0.3 is 6.09 Å². The fourth-order valence-corrected chi connectivity index (χ4v) is 5.05. The Kier molecular flexibility index (Phi) is 5.23.